The van der Waals surface area contributed by atoms with E-state index < -0.39 is 0 Å². The van der Waals surface area contributed by atoms with Gasteiger partial charge in [0.2, 0.25) is 0 Å². The Bertz CT molecular complexity index is 953. The molecule has 1 aliphatic heterocycles. The van der Waals surface area contributed by atoms with Gasteiger partial charge < -0.3 is 0 Å². The summed E-state index contributed by atoms with van der Waals surface area (Å²) in [6, 6.07) is 19.4. The molecule has 3 aromatic rings. The van der Waals surface area contributed by atoms with Crippen LogP contribution in [0, 0.1) is 0 Å². The second-order valence-electron chi connectivity index (χ2n) is 7.27. The number of aromatic nitrogens is 2. The van der Waals surface area contributed by atoms with Gasteiger partial charge in [0.25, 0.3) is 0 Å². The molecular formula is C23H23N3. The minimum atomic E-state index is 0.961. The summed E-state index contributed by atoms with van der Waals surface area (Å²) in [5, 5.41) is 7.99. The summed E-state index contributed by atoms with van der Waals surface area (Å²) in [6.07, 6.45) is 5.71. The third kappa shape index (κ3) is 2.78. The molecule has 2 aliphatic rings. The van der Waals surface area contributed by atoms with Crippen molar-refractivity contribution in [2.75, 3.05) is 13.1 Å². The molecule has 2 heterocycles. The summed E-state index contributed by atoms with van der Waals surface area (Å²) >= 11 is 0. The molecule has 0 amide bonds. The number of nitrogens with zero attached hydrogens (tertiary/aromatic N) is 2. The summed E-state index contributed by atoms with van der Waals surface area (Å²) in [5.74, 6) is 0. The van der Waals surface area contributed by atoms with E-state index in [1.807, 2.05) is 0 Å². The Morgan fingerprint density at radius 3 is 2.62 bits per heavy atom. The largest absolute Gasteiger partial charge is 0.294 e. The molecule has 2 aromatic carbocycles. The first kappa shape index (κ1) is 15.6. The molecular weight excluding hydrogens is 318 g/mol. The van der Waals surface area contributed by atoms with E-state index in [-0.39, 0.29) is 0 Å². The Kier molecular flexibility index (Phi) is 3.95. The number of aryl methyl sites for hydroxylation is 1. The number of H-pyrrole nitrogens is 1. The van der Waals surface area contributed by atoms with Crippen molar-refractivity contribution in [3.05, 3.63) is 83.1 Å². The van der Waals surface area contributed by atoms with Gasteiger partial charge in [-0.05, 0) is 36.0 Å². The molecule has 1 N–H and O–H groups in total. The predicted octanol–water partition coefficient (Wildman–Crippen LogP) is 4.46. The highest BCUT2D eigenvalue weighted by molar-refractivity contribution is 5.70. The van der Waals surface area contributed by atoms with Gasteiger partial charge >= 0.3 is 0 Å². The fraction of sp³-hybridized carbons (Fsp3) is 0.261. The Morgan fingerprint density at radius 2 is 1.77 bits per heavy atom. The molecule has 0 spiro atoms. The molecule has 5 rings (SSSR count). The molecule has 0 saturated carbocycles. The highest BCUT2D eigenvalue weighted by atomic mass is 15.2. The third-order valence-corrected chi connectivity index (χ3v) is 5.69. The minimum Gasteiger partial charge on any atom is -0.294 e. The van der Waals surface area contributed by atoms with Gasteiger partial charge in [0.1, 0.15) is 0 Å². The number of aromatic amines is 1. The number of benzene rings is 2. The average molecular weight is 341 g/mol. The molecule has 3 nitrogen and oxygen atoms in total. The molecule has 0 saturated heterocycles. The van der Waals surface area contributed by atoms with Crippen LogP contribution >= 0.6 is 0 Å². The smallest absolute Gasteiger partial charge is 0.0958 e. The van der Waals surface area contributed by atoms with Gasteiger partial charge in [-0.3, -0.25) is 10.00 Å². The summed E-state index contributed by atoms with van der Waals surface area (Å²) in [7, 11) is 0. The van der Waals surface area contributed by atoms with E-state index in [0.29, 0.717) is 0 Å². The Balaban J connectivity index is 1.33. The monoisotopic (exact) mass is 341 g/mol. The second-order valence-corrected chi connectivity index (χ2v) is 7.27. The van der Waals surface area contributed by atoms with Crippen LogP contribution in [0.5, 0.6) is 0 Å². The van der Waals surface area contributed by atoms with Crippen LogP contribution in [-0.2, 0) is 19.4 Å². The van der Waals surface area contributed by atoms with Crippen molar-refractivity contribution >= 4 is 5.57 Å². The van der Waals surface area contributed by atoms with Crippen LogP contribution in [-0.4, -0.2) is 28.2 Å². The third-order valence-electron chi connectivity index (χ3n) is 5.69. The van der Waals surface area contributed by atoms with Crippen LogP contribution in [0.1, 0.15) is 28.8 Å². The van der Waals surface area contributed by atoms with Crippen LogP contribution in [0.25, 0.3) is 16.8 Å². The number of rotatable bonds is 3. The van der Waals surface area contributed by atoms with Crippen LogP contribution in [0.3, 0.4) is 0 Å². The zero-order valence-corrected chi connectivity index (χ0v) is 14.9. The number of hydrogen-bond donors (Lipinski definition) is 1. The molecule has 130 valence electrons. The van der Waals surface area contributed by atoms with Crippen molar-refractivity contribution in [3.63, 3.8) is 0 Å². The van der Waals surface area contributed by atoms with E-state index in [1.165, 1.54) is 39.2 Å². The molecule has 0 radical (unpaired) electrons. The lowest BCUT2D eigenvalue weighted by molar-refractivity contribution is 0.289. The molecule has 0 bridgehead atoms. The Hall–Kier alpha value is -2.65. The maximum Gasteiger partial charge on any atom is 0.0958 e. The van der Waals surface area contributed by atoms with E-state index >= 15 is 0 Å². The summed E-state index contributed by atoms with van der Waals surface area (Å²) < 4.78 is 0. The zero-order chi connectivity index (χ0) is 17.3. The molecule has 0 unspecified atom stereocenters. The molecule has 0 atom stereocenters. The maximum absolute atomic E-state index is 4.66. The van der Waals surface area contributed by atoms with E-state index in [9.17, 15) is 0 Å². The van der Waals surface area contributed by atoms with Gasteiger partial charge in [-0.1, -0.05) is 60.7 Å². The van der Waals surface area contributed by atoms with E-state index in [4.69, 9.17) is 0 Å². The van der Waals surface area contributed by atoms with Crippen molar-refractivity contribution in [2.24, 2.45) is 0 Å². The van der Waals surface area contributed by atoms with Crippen LogP contribution < -0.4 is 0 Å². The fourth-order valence-corrected chi connectivity index (χ4v) is 4.25. The lowest BCUT2D eigenvalue weighted by Crippen LogP contribution is -2.28. The maximum atomic E-state index is 4.66. The Labute approximate surface area is 154 Å². The van der Waals surface area contributed by atoms with E-state index in [0.717, 1.165) is 38.9 Å². The van der Waals surface area contributed by atoms with Gasteiger partial charge in [-0.25, -0.2) is 0 Å². The molecule has 1 aromatic heterocycles. The molecule has 26 heavy (non-hydrogen) atoms. The number of hydrogen-bond acceptors (Lipinski definition) is 2. The first-order chi connectivity index (χ1) is 12.9. The lowest BCUT2D eigenvalue weighted by Gasteiger charge is -2.26. The summed E-state index contributed by atoms with van der Waals surface area (Å²) in [4.78, 5) is 2.51. The van der Waals surface area contributed by atoms with Crippen molar-refractivity contribution in [1.29, 1.82) is 0 Å². The molecule has 3 heteroatoms. The van der Waals surface area contributed by atoms with Crippen LogP contribution in [0.2, 0.25) is 0 Å². The van der Waals surface area contributed by atoms with Gasteiger partial charge in [0.15, 0.2) is 0 Å². The first-order valence-corrected chi connectivity index (χ1v) is 9.50. The standard InChI is InChI=1S/C23H23N3/c1-2-6-17(7-3-1)18-12-14-26(15-13-18)16-22-21-11-10-19-8-4-5-9-20(19)23(21)25-24-22/h1-9,12H,10-11,13-16H2,(H,24,25). The highest BCUT2D eigenvalue weighted by Gasteiger charge is 2.23. The van der Waals surface area contributed by atoms with Crippen molar-refractivity contribution in [2.45, 2.75) is 25.8 Å². The topological polar surface area (TPSA) is 31.9 Å². The number of nitrogens with one attached hydrogen (secondary N) is 1. The average Bonchev–Trinajstić information content (AvgIpc) is 3.12. The second kappa shape index (κ2) is 6.58. The normalized spacial score (nSPS) is 16.7. The Morgan fingerprint density at radius 1 is 0.923 bits per heavy atom. The SMILES string of the molecule is C1=C(c2ccccc2)CCN(Cc2[nH]nc3c2CCc2ccccc2-3)C1. The predicted molar refractivity (Wildman–Crippen MR) is 106 cm³/mol. The van der Waals surface area contributed by atoms with Gasteiger partial charge in [-0.2, -0.15) is 5.10 Å². The van der Waals surface area contributed by atoms with E-state index in [1.54, 1.807) is 0 Å². The van der Waals surface area contributed by atoms with Crippen LogP contribution in [0.4, 0.5) is 0 Å². The zero-order valence-electron chi connectivity index (χ0n) is 14.9. The van der Waals surface area contributed by atoms with Crippen LogP contribution in [0.15, 0.2) is 60.7 Å². The fourth-order valence-electron chi connectivity index (χ4n) is 4.25. The van der Waals surface area contributed by atoms with Crippen molar-refractivity contribution in [3.8, 4) is 11.3 Å². The first-order valence-electron chi connectivity index (χ1n) is 9.50. The molecule has 0 fully saturated rings. The minimum absolute atomic E-state index is 0.961. The van der Waals surface area contributed by atoms with E-state index in [2.05, 4.69) is 75.8 Å². The van der Waals surface area contributed by atoms with Crippen molar-refractivity contribution < 1.29 is 0 Å². The van der Waals surface area contributed by atoms with Gasteiger partial charge in [0, 0.05) is 30.8 Å². The van der Waals surface area contributed by atoms with Gasteiger partial charge in [-0.15, -0.1) is 0 Å². The summed E-state index contributed by atoms with van der Waals surface area (Å²) in [6.45, 7) is 3.07. The quantitative estimate of drug-likeness (QED) is 0.762. The highest BCUT2D eigenvalue weighted by Crippen LogP contribution is 2.34. The number of fused-ring (bicyclic) bond motifs is 3. The summed E-state index contributed by atoms with van der Waals surface area (Å²) in [5.41, 5.74) is 9.45. The molecule has 1 aliphatic carbocycles. The van der Waals surface area contributed by atoms with Crippen molar-refractivity contribution in [1.82, 2.24) is 15.1 Å². The van der Waals surface area contributed by atoms with Gasteiger partial charge in [0.05, 0.1) is 11.4 Å². The lowest BCUT2D eigenvalue weighted by atomic mass is 9.89.